The second-order valence-electron chi connectivity index (χ2n) is 5.12. The van der Waals surface area contributed by atoms with E-state index in [0.717, 1.165) is 6.54 Å². The molecule has 0 aliphatic carbocycles. The Balaban J connectivity index is 2.42. The Morgan fingerprint density at radius 1 is 1.53 bits per heavy atom. The zero-order valence-electron chi connectivity index (χ0n) is 10.6. The van der Waals surface area contributed by atoms with E-state index in [1.54, 1.807) is 0 Å². The van der Waals surface area contributed by atoms with E-state index < -0.39 is 5.97 Å². The molecule has 0 amide bonds. The average molecular weight is 233 g/mol. The molecule has 2 rings (SSSR count). The molecule has 3 heteroatoms. The molecule has 1 N–H and O–H groups in total. The largest absolute Gasteiger partial charge is 0.481 e. The summed E-state index contributed by atoms with van der Waals surface area (Å²) in [6.45, 7) is 5.16. The predicted molar refractivity (Wildman–Crippen MR) is 68.8 cm³/mol. The molecule has 0 saturated heterocycles. The number of aliphatic carboxylic acids is 1. The maximum Gasteiger partial charge on any atom is 0.304 e. The highest BCUT2D eigenvalue weighted by Crippen LogP contribution is 2.41. The summed E-state index contributed by atoms with van der Waals surface area (Å²) in [4.78, 5) is 13.1. The molecule has 0 aromatic heterocycles. The van der Waals surface area contributed by atoms with Gasteiger partial charge in [0.25, 0.3) is 0 Å². The Kier molecular flexibility index (Phi) is 3.09. The third-order valence-corrected chi connectivity index (χ3v) is 3.46. The van der Waals surface area contributed by atoms with Crippen LogP contribution in [-0.2, 0) is 4.79 Å². The van der Waals surface area contributed by atoms with Crippen LogP contribution in [0.1, 0.15) is 43.2 Å². The summed E-state index contributed by atoms with van der Waals surface area (Å²) < 4.78 is 0. The van der Waals surface area contributed by atoms with Gasteiger partial charge in [-0.25, -0.2) is 0 Å². The van der Waals surface area contributed by atoms with Crippen molar-refractivity contribution >= 4 is 11.7 Å². The molecule has 1 atom stereocenters. The van der Waals surface area contributed by atoms with Gasteiger partial charge >= 0.3 is 5.97 Å². The Bertz CT molecular complexity index is 440. The van der Waals surface area contributed by atoms with Crippen molar-refractivity contribution in [2.75, 3.05) is 18.5 Å². The van der Waals surface area contributed by atoms with Crippen molar-refractivity contribution in [3.8, 4) is 0 Å². The molecular formula is C14H19NO2. The number of rotatable bonds is 3. The molecule has 17 heavy (non-hydrogen) atoms. The van der Waals surface area contributed by atoms with Gasteiger partial charge in [-0.3, -0.25) is 4.79 Å². The summed E-state index contributed by atoms with van der Waals surface area (Å²) in [5, 5.41) is 8.95. The number of para-hydroxylation sites is 1. The van der Waals surface area contributed by atoms with Gasteiger partial charge in [0.1, 0.15) is 0 Å². The zero-order valence-corrected chi connectivity index (χ0v) is 10.6. The highest BCUT2D eigenvalue weighted by atomic mass is 16.4. The number of anilines is 1. The van der Waals surface area contributed by atoms with Gasteiger partial charge in [-0.05, 0) is 17.0 Å². The fraction of sp³-hybridized carbons (Fsp3) is 0.500. The second kappa shape index (κ2) is 4.40. The molecular weight excluding hydrogens is 214 g/mol. The van der Waals surface area contributed by atoms with E-state index in [1.807, 2.05) is 13.1 Å². The fourth-order valence-corrected chi connectivity index (χ4v) is 2.72. The van der Waals surface area contributed by atoms with E-state index in [9.17, 15) is 4.79 Å². The maximum absolute atomic E-state index is 10.9. The first-order valence-corrected chi connectivity index (χ1v) is 6.06. The number of fused-ring (bicyclic) bond motifs is 1. The lowest BCUT2D eigenvalue weighted by Gasteiger charge is -2.18. The monoisotopic (exact) mass is 233 g/mol. The number of carboxylic acids is 1. The van der Waals surface area contributed by atoms with Crippen molar-refractivity contribution in [1.29, 1.82) is 0 Å². The SMILES string of the molecule is CC(C)c1cccc2c1N(C)CC2CC(=O)O. The van der Waals surface area contributed by atoms with Crippen LogP contribution in [0, 0.1) is 0 Å². The van der Waals surface area contributed by atoms with E-state index in [2.05, 4.69) is 30.9 Å². The van der Waals surface area contributed by atoms with Crippen LogP contribution in [0.4, 0.5) is 5.69 Å². The van der Waals surface area contributed by atoms with Crippen LogP contribution >= 0.6 is 0 Å². The predicted octanol–water partition coefficient (Wildman–Crippen LogP) is 2.82. The molecule has 0 fully saturated rings. The molecule has 0 spiro atoms. The summed E-state index contributed by atoms with van der Waals surface area (Å²) in [5.41, 5.74) is 3.76. The third-order valence-electron chi connectivity index (χ3n) is 3.46. The van der Waals surface area contributed by atoms with E-state index in [0.29, 0.717) is 5.92 Å². The van der Waals surface area contributed by atoms with Gasteiger partial charge in [0, 0.05) is 25.2 Å². The average Bonchev–Trinajstić information content (AvgIpc) is 2.55. The van der Waals surface area contributed by atoms with Crippen molar-refractivity contribution in [3.63, 3.8) is 0 Å². The molecule has 1 aromatic rings. The number of carboxylic acid groups (broad SMARTS) is 1. The van der Waals surface area contributed by atoms with Crippen molar-refractivity contribution in [1.82, 2.24) is 0 Å². The highest BCUT2D eigenvalue weighted by Gasteiger charge is 2.30. The van der Waals surface area contributed by atoms with Crippen LogP contribution in [0.3, 0.4) is 0 Å². The Labute approximate surface area is 102 Å². The normalized spacial score (nSPS) is 18.6. The first-order chi connectivity index (χ1) is 8.00. The lowest BCUT2D eigenvalue weighted by atomic mass is 9.93. The summed E-state index contributed by atoms with van der Waals surface area (Å²) in [6, 6.07) is 6.25. The molecule has 92 valence electrons. The van der Waals surface area contributed by atoms with Crippen LogP contribution in [0.15, 0.2) is 18.2 Å². The number of carbonyl (C=O) groups is 1. The van der Waals surface area contributed by atoms with Gasteiger partial charge in [-0.2, -0.15) is 0 Å². The summed E-state index contributed by atoms with van der Waals surface area (Å²) in [5.74, 6) is -0.117. The molecule has 1 aromatic carbocycles. The molecule has 0 radical (unpaired) electrons. The van der Waals surface area contributed by atoms with Crippen LogP contribution in [0.25, 0.3) is 0 Å². The van der Waals surface area contributed by atoms with Gasteiger partial charge in [0.15, 0.2) is 0 Å². The highest BCUT2D eigenvalue weighted by molar-refractivity contribution is 5.72. The molecule has 0 bridgehead atoms. The molecule has 1 aliphatic heterocycles. The number of likely N-dealkylation sites (N-methyl/N-ethyl adjacent to an activating group) is 1. The topological polar surface area (TPSA) is 40.5 Å². The first kappa shape index (κ1) is 12.0. The van der Waals surface area contributed by atoms with Crippen LogP contribution < -0.4 is 4.90 Å². The van der Waals surface area contributed by atoms with Crippen molar-refractivity contribution in [2.24, 2.45) is 0 Å². The summed E-state index contributed by atoms with van der Waals surface area (Å²) in [7, 11) is 2.05. The number of benzene rings is 1. The molecule has 0 saturated carbocycles. The first-order valence-electron chi connectivity index (χ1n) is 6.06. The molecule has 1 unspecified atom stereocenters. The van der Waals surface area contributed by atoms with Crippen LogP contribution in [-0.4, -0.2) is 24.7 Å². The van der Waals surface area contributed by atoms with Crippen LogP contribution in [0.5, 0.6) is 0 Å². The van der Waals surface area contributed by atoms with Crippen molar-refractivity contribution in [3.05, 3.63) is 29.3 Å². The van der Waals surface area contributed by atoms with E-state index in [-0.39, 0.29) is 12.3 Å². The van der Waals surface area contributed by atoms with E-state index >= 15 is 0 Å². The quantitative estimate of drug-likeness (QED) is 0.872. The second-order valence-corrected chi connectivity index (χ2v) is 5.12. The minimum absolute atomic E-state index is 0.131. The van der Waals surface area contributed by atoms with E-state index in [4.69, 9.17) is 5.11 Å². The lowest BCUT2D eigenvalue weighted by Crippen LogP contribution is -2.17. The molecule has 3 nitrogen and oxygen atoms in total. The standard InChI is InChI=1S/C14H19NO2/c1-9(2)11-5-4-6-12-10(7-13(16)17)8-15(3)14(11)12/h4-6,9-10H,7-8H2,1-3H3,(H,16,17). The maximum atomic E-state index is 10.9. The minimum Gasteiger partial charge on any atom is -0.481 e. The van der Waals surface area contributed by atoms with Gasteiger partial charge in [-0.15, -0.1) is 0 Å². The van der Waals surface area contributed by atoms with Gasteiger partial charge in [-0.1, -0.05) is 32.0 Å². The summed E-state index contributed by atoms with van der Waals surface area (Å²) >= 11 is 0. The fourth-order valence-electron chi connectivity index (χ4n) is 2.72. The molecule has 1 heterocycles. The van der Waals surface area contributed by atoms with Gasteiger partial charge in [0.05, 0.1) is 6.42 Å². The Morgan fingerprint density at radius 3 is 2.82 bits per heavy atom. The van der Waals surface area contributed by atoms with Crippen molar-refractivity contribution < 1.29 is 9.90 Å². The summed E-state index contributed by atoms with van der Waals surface area (Å²) in [6.07, 6.45) is 0.221. The van der Waals surface area contributed by atoms with Crippen LogP contribution in [0.2, 0.25) is 0 Å². The Morgan fingerprint density at radius 2 is 2.24 bits per heavy atom. The van der Waals surface area contributed by atoms with Gasteiger partial charge in [0.2, 0.25) is 0 Å². The number of nitrogens with zero attached hydrogens (tertiary/aromatic N) is 1. The number of hydrogen-bond acceptors (Lipinski definition) is 2. The van der Waals surface area contributed by atoms with Gasteiger partial charge < -0.3 is 10.0 Å². The smallest absolute Gasteiger partial charge is 0.304 e. The van der Waals surface area contributed by atoms with E-state index in [1.165, 1.54) is 16.8 Å². The number of hydrogen-bond donors (Lipinski definition) is 1. The van der Waals surface area contributed by atoms with Crippen molar-refractivity contribution in [2.45, 2.75) is 32.1 Å². The third kappa shape index (κ3) is 2.14. The molecule has 1 aliphatic rings. The Hall–Kier alpha value is -1.51. The minimum atomic E-state index is -0.716. The zero-order chi connectivity index (χ0) is 12.6. The lowest BCUT2D eigenvalue weighted by molar-refractivity contribution is -0.137.